The van der Waals surface area contributed by atoms with E-state index in [0.717, 1.165) is 55.2 Å². The van der Waals surface area contributed by atoms with E-state index in [-0.39, 0.29) is 17.3 Å². The molecule has 0 saturated carbocycles. The second-order valence-electron chi connectivity index (χ2n) is 8.70. The number of hydrogen-bond donors (Lipinski definition) is 1. The van der Waals surface area contributed by atoms with Crippen LogP contribution in [0, 0.1) is 5.82 Å². The van der Waals surface area contributed by atoms with Gasteiger partial charge in [-0.15, -0.1) is 10.2 Å². The summed E-state index contributed by atoms with van der Waals surface area (Å²) in [5.74, 6) is 0.934. The van der Waals surface area contributed by atoms with Crippen LogP contribution >= 0.6 is 0 Å². The Kier molecular flexibility index (Phi) is 6.18. The van der Waals surface area contributed by atoms with Gasteiger partial charge in [0.15, 0.2) is 5.82 Å². The summed E-state index contributed by atoms with van der Waals surface area (Å²) < 4.78 is 42.7. The van der Waals surface area contributed by atoms with Gasteiger partial charge in [-0.3, -0.25) is 4.79 Å². The number of rotatable bonds is 5. The van der Waals surface area contributed by atoms with Crippen LogP contribution < -0.4 is 5.32 Å². The molecule has 8 nitrogen and oxygen atoms in total. The number of fused-ring (bicyclic) bond motifs is 1. The van der Waals surface area contributed by atoms with Gasteiger partial charge in [-0.05, 0) is 74.2 Å². The molecule has 1 saturated heterocycles. The van der Waals surface area contributed by atoms with Crippen LogP contribution in [0.1, 0.15) is 37.9 Å². The molecule has 1 fully saturated rings. The molecule has 0 aliphatic carbocycles. The second kappa shape index (κ2) is 9.27. The molecule has 34 heavy (non-hydrogen) atoms. The van der Waals surface area contributed by atoms with Crippen LogP contribution in [0.3, 0.4) is 0 Å². The first-order valence-corrected chi connectivity index (χ1v) is 13.0. The summed E-state index contributed by atoms with van der Waals surface area (Å²) in [6.07, 6.45) is 5.34. The first-order chi connectivity index (χ1) is 16.4. The minimum atomic E-state index is -3.90. The maximum absolute atomic E-state index is 13.2. The van der Waals surface area contributed by atoms with Gasteiger partial charge in [0, 0.05) is 30.8 Å². The molecule has 0 bridgehead atoms. The van der Waals surface area contributed by atoms with E-state index in [1.807, 2.05) is 12.1 Å². The lowest BCUT2D eigenvalue weighted by Gasteiger charge is -2.23. The lowest BCUT2D eigenvalue weighted by Crippen LogP contribution is -2.43. The molecule has 2 aliphatic heterocycles. The Morgan fingerprint density at radius 3 is 2.47 bits per heavy atom. The number of carbonyl (C=O) groups is 1. The molecule has 3 aromatic rings. The summed E-state index contributed by atoms with van der Waals surface area (Å²) in [6, 6.07) is 11.2. The molecule has 178 valence electrons. The number of aromatic nitrogens is 3. The van der Waals surface area contributed by atoms with Gasteiger partial charge in [0.25, 0.3) is 0 Å². The number of nitrogens with one attached hydrogen (secondary N) is 1. The van der Waals surface area contributed by atoms with E-state index < -0.39 is 21.9 Å². The van der Waals surface area contributed by atoms with E-state index in [0.29, 0.717) is 18.5 Å². The number of sulfonamides is 1. The summed E-state index contributed by atoms with van der Waals surface area (Å²) >= 11 is 0. The van der Waals surface area contributed by atoms with Gasteiger partial charge in [0.1, 0.15) is 17.7 Å². The van der Waals surface area contributed by atoms with Crippen LogP contribution in [0.5, 0.6) is 0 Å². The molecule has 0 radical (unpaired) electrons. The molecule has 10 heteroatoms. The van der Waals surface area contributed by atoms with Gasteiger partial charge >= 0.3 is 0 Å². The maximum Gasteiger partial charge on any atom is 0.243 e. The second-order valence-corrected chi connectivity index (χ2v) is 10.6. The van der Waals surface area contributed by atoms with Crippen molar-refractivity contribution in [2.24, 2.45) is 0 Å². The molecule has 2 aliphatic rings. The van der Waals surface area contributed by atoms with Gasteiger partial charge in [0.2, 0.25) is 15.9 Å². The van der Waals surface area contributed by atoms with Crippen molar-refractivity contribution in [2.75, 3.05) is 11.9 Å². The topological polar surface area (TPSA) is 97.2 Å². The quantitative estimate of drug-likeness (QED) is 0.598. The van der Waals surface area contributed by atoms with Crippen molar-refractivity contribution in [1.29, 1.82) is 0 Å². The van der Waals surface area contributed by atoms with Crippen LogP contribution in [0.25, 0.3) is 11.4 Å². The largest absolute Gasteiger partial charge is 0.325 e. The number of benzene rings is 2. The average molecular weight is 484 g/mol. The Hall–Kier alpha value is -3.11. The number of nitrogens with zero attached hydrogens (tertiary/aromatic N) is 4. The zero-order chi connectivity index (χ0) is 23.7. The Bertz CT molecular complexity index is 1290. The van der Waals surface area contributed by atoms with Crippen molar-refractivity contribution >= 4 is 21.6 Å². The van der Waals surface area contributed by atoms with Crippen LogP contribution in [0.15, 0.2) is 53.4 Å². The summed E-state index contributed by atoms with van der Waals surface area (Å²) in [4.78, 5) is 13.0. The van der Waals surface area contributed by atoms with Gasteiger partial charge in [0.05, 0.1) is 4.90 Å². The van der Waals surface area contributed by atoms with E-state index in [4.69, 9.17) is 0 Å². The van der Waals surface area contributed by atoms with E-state index >= 15 is 0 Å². The fourth-order valence-electron chi connectivity index (χ4n) is 4.66. The number of aryl methyl sites for hydroxylation is 1. The lowest BCUT2D eigenvalue weighted by molar-refractivity contribution is -0.119. The highest BCUT2D eigenvalue weighted by molar-refractivity contribution is 7.89. The highest BCUT2D eigenvalue weighted by Gasteiger charge is 2.39. The average Bonchev–Trinajstić information content (AvgIpc) is 3.42. The number of halogens is 1. The van der Waals surface area contributed by atoms with E-state index in [9.17, 15) is 17.6 Å². The third-order valence-electron chi connectivity index (χ3n) is 6.45. The lowest BCUT2D eigenvalue weighted by atomic mass is 10.1. The fourth-order valence-corrected chi connectivity index (χ4v) is 6.32. The molecular formula is C24H26FN5O3S. The van der Waals surface area contributed by atoms with Gasteiger partial charge in [-0.2, -0.15) is 4.31 Å². The Balaban J connectivity index is 1.30. The van der Waals surface area contributed by atoms with Crippen LogP contribution in [0.4, 0.5) is 10.1 Å². The summed E-state index contributed by atoms with van der Waals surface area (Å²) in [5, 5.41) is 11.5. The van der Waals surface area contributed by atoms with Gasteiger partial charge in [-0.25, -0.2) is 12.8 Å². The molecule has 3 heterocycles. The van der Waals surface area contributed by atoms with Crippen LogP contribution in [-0.4, -0.2) is 46.0 Å². The first-order valence-electron chi connectivity index (χ1n) is 11.5. The maximum atomic E-state index is 13.2. The standard InChI is InChI=1S/C24H26FN5O3S/c25-18-9-13-20(14-10-18)34(32,33)30-16-4-5-21(30)24(31)26-19-11-7-17(8-12-19)23-28-27-22-6-2-1-3-15-29(22)23/h7-14,21H,1-6,15-16H2,(H,26,31). The number of hydrogen-bond acceptors (Lipinski definition) is 5. The zero-order valence-electron chi connectivity index (χ0n) is 18.7. The molecule has 2 aromatic carbocycles. The molecule has 1 aromatic heterocycles. The molecule has 1 atom stereocenters. The van der Waals surface area contributed by atoms with E-state index in [1.165, 1.54) is 22.9 Å². The minimum Gasteiger partial charge on any atom is -0.325 e. The zero-order valence-corrected chi connectivity index (χ0v) is 19.5. The summed E-state index contributed by atoms with van der Waals surface area (Å²) in [6.45, 7) is 1.14. The van der Waals surface area contributed by atoms with Crippen LogP contribution in [-0.2, 0) is 27.8 Å². The van der Waals surface area contributed by atoms with Crippen molar-refractivity contribution in [3.8, 4) is 11.4 Å². The van der Waals surface area contributed by atoms with E-state index in [1.54, 1.807) is 12.1 Å². The molecule has 5 rings (SSSR count). The molecular weight excluding hydrogens is 457 g/mol. The Morgan fingerprint density at radius 2 is 1.71 bits per heavy atom. The van der Waals surface area contributed by atoms with Crippen molar-refractivity contribution in [3.05, 3.63) is 60.2 Å². The normalized spacial score (nSPS) is 18.9. The van der Waals surface area contributed by atoms with E-state index in [2.05, 4.69) is 20.1 Å². The highest BCUT2D eigenvalue weighted by Crippen LogP contribution is 2.28. The monoisotopic (exact) mass is 483 g/mol. The summed E-state index contributed by atoms with van der Waals surface area (Å²) in [5.41, 5.74) is 1.50. The smallest absolute Gasteiger partial charge is 0.243 e. The SMILES string of the molecule is O=C(Nc1ccc(-c2nnc3n2CCCCC3)cc1)C1CCCN1S(=O)(=O)c1ccc(F)cc1. The third kappa shape index (κ3) is 4.35. The molecule has 1 amide bonds. The Labute approximate surface area is 197 Å². The number of amides is 1. The number of carbonyl (C=O) groups excluding carboxylic acids is 1. The highest BCUT2D eigenvalue weighted by atomic mass is 32.2. The van der Waals surface area contributed by atoms with Crippen molar-refractivity contribution in [1.82, 2.24) is 19.1 Å². The molecule has 0 spiro atoms. The van der Waals surface area contributed by atoms with Crippen molar-refractivity contribution in [2.45, 2.75) is 56.0 Å². The molecule has 1 unspecified atom stereocenters. The fraction of sp³-hybridized carbons (Fsp3) is 0.375. The van der Waals surface area contributed by atoms with Crippen LogP contribution in [0.2, 0.25) is 0 Å². The molecule has 1 N–H and O–H groups in total. The predicted molar refractivity (Wildman–Crippen MR) is 125 cm³/mol. The minimum absolute atomic E-state index is 0.0228. The van der Waals surface area contributed by atoms with Crippen molar-refractivity contribution < 1.29 is 17.6 Å². The van der Waals surface area contributed by atoms with Crippen molar-refractivity contribution in [3.63, 3.8) is 0 Å². The predicted octanol–water partition coefficient (Wildman–Crippen LogP) is 3.60. The first kappa shape index (κ1) is 22.7. The summed E-state index contributed by atoms with van der Waals surface area (Å²) in [7, 11) is -3.90. The third-order valence-corrected chi connectivity index (χ3v) is 8.37. The number of anilines is 1. The van der Waals surface area contributed by atoms with Gasteiger partial charge < -0.3 is 9.88 Å². The Morgan fingerprint density at radius 1 is 0.941 bits per heavy atom. The van der Waals surface area contributed by atoms with Gasteiger partial charge in [-0.1, -0.05) is 6.42 Å².